The Morgan fingerprint density at radius 2 is 2.13 bits per heavy atom. The smallest absolute Gasteiger partial charge is 0.191 e. The second-order valence-electron chi connectivity index (χ2n) is 5.21. The van der Waals surface area contributed by atoms with E-state index in [9.17, 15) is 4.39 Å². The van der Waals surface area contributed by atoms with Gasteiger partial charge in [0.05, 0.1) is 11.0 Å². The van der Waals surface area contributed by atoms with Crippen LogP contribution in [-0.4, -0.2) is 42.0 Å². The Kier molecular flexibility index (Phi) is 5.12. The minimum Gasteiger partial charge on any atom is -0.370 e. The highest BCUT2D eigenvalue weighted by molar-refractivity contribution is 9.10. The van der Waals surface area contributed by atoms with E-state index < -0.39 is 0 Å². The first-order valence-corrected chi connectivity index (χ1v) is 8.94. The summed E-state index contributed by atoms with van der Waals surface area (Å²) in [4.78, 5) is 13.0. The summed E-state index contributed by atoms with van der Waals surface area (Å²) in [7, 11) is 0. The predicted molar refractivity (Wildman–Crippen MR) is 95.3 cm³/mol. The minimum absolute atomic E-state index is 0.284. The van der Waals surface area contributed by atoms with Crippen molar-refractivity contribution in [2.24, 2.45) is 10.7 Å². The van der Waals surface area contributed by atoms with Crippen LogP contribution in [-0.2, 0) is 6.54 Å². The molecule has 0 radical (unpaired) electrons. The van der Waals surface area contributed by atoms with Gasteiger partial charge in [-0.1, -0.05) is 6.07 Å². The van der Waals surface area contributed by atoms with E-state index >= 15 is 0 Å². The van der Waals surface area contributed by atoms with Crippen LogP contribution in [0.3, 0.4) is 0 Å². The molecule has 1 aromatic carbocycles. The van der Waals surface area contributed by atoms with Gasteiger partial charge in [0.2, 0.25) is 0 Å². The van der Waals surface area contributed by atoms with Crippen LogP contribution in [0.2, 0.25) is 0 Å². The largest absolute Gasteiger partial charge is 0.370 e. The highest BCUT2D eigenvalue weighted by Crippen LogP contribution is 2.19. The van der Waals surface area contributed by atoms with Crippen LogP contribution in [0, 0.1) is 5.82 Å². The maximum atomic E-state index is 13.5. The van der Waals surface area contributed by atoms with Crippen LogP contribution < -0.4 is 10.6 Å². The van der Waals surface area contributed by atoms with E-state index in [0.29, 0.717) is 17.0 Å². The van der Waals surface area contributed by atoms with Gasteiger partial charge in [0, 0.05) is 37.8 Å². The molecule has 5 nitrogen and oxygen atoms in total. The number of anilines is 1. The Morgan fingerprint density at radius 3 is 2.78 bits per heavy atom. The number of rotatable bonds is 3. The molecule has 0 unspecified atom stereocenters. The molecule has 1 aliphatic heterocycles. The quantitative estimate of drug-likeness (QED) is 0.638. The number of thiazole rings is 1. The zero-order valence-electron chi connectivity index (χ0n) is 12.5. The van der Waals surface area contributed by atoms with Crippen molar-refractivity contribution in [3.05, 3.63) is 45.6 Å². The average molecular weight is 398 g/mol. The van der Waals surface area contributed by atoms with Crippen LogP contribution in [0.15, 0.2) is 39.2 Å². The molecule has 1 aromatic heterocycles. The van der Waals surface area contributed by atoms with Crippen molar-refractivity contribution < 1.29 is 4.39 Å². The molecule has 23 heavy (non-hydrogen) atoms. The Labute approximate surface area is 146 Å². The van der Waals surface area contributed by atoms with E-state index in [2.05, 4.69) is 35.7 Å². The molecule has 1 fully saturated rings. The van der Waals surface area contributed by atoms with Crippen molar-refractivity contribution in [3.8, 4) is 0 Å². The van der Waals surface area contributed by atoms with Crippen LogP contribution in [0.4, 0.5) is 9.52 Å². The van der Waals surface area contributed by atoms with Gasteiger partial charge >= 0.3 is 0 Å². The van der Waals surface area contributed by atoms with Gasteiger partial charge in [0.15, 0.2) is 11.1 Å². The van der Waals surface area contributed by atoms with Crippen LogP contribution >= 0.6 is 27.3 Å². The van der Waals surface area contributed by atoms with Crippen LogP contribution in [0.25, 0.3) is 0 Å². The Hall–Kier alpha value is -1.67. The van der Waals surface area contributed by atoms with E-state index in [4.69, 9.17) is 5.73 Å². The zero-order chi connectivity index (χ0) is 16.2. The predicted octanol–water partition coefficient (Wildman–Crippen LogP) is 2.68. The third-order valence-electron chi connectivity index (χ3n) is 3.70. The normalized spacial score (nSPS) is 16.0. The second-order valence-corrected chi connectivity index (χ2v) is 6.94. The molecular weight excluding hydrogens is 381 g/mol. The van der Waals surface area contributed by atoms with Gasteiger partial charge in [-0.15, -0.1) is 11.3 Å². The third kappa shape index (κ3) is 4.00. The summed E-state index contributed by atoms with van der Waals surface area (Å²) in [5.74, 6) is 0.223. The lowest BCUT2D eigenvalue weighted by Crippen LogP contribution is -2.51. The van der Waals surface area contributed by atoms with Crippen molar-refractivity contribution in [1.82, 2.24) is 9.88 Å². The van der Waals surface area contributed by atoms with E-state index in [1.807, 2.05) is 17.6 Å². The summed E-state index contributed by atoms with van der Waals surface area (Å²) in [6.45, 7) is 3.74. The number of hydrogen-bond acceptors (Lipinski definition) is 4. The molecule has 0 atom stereocenters. The lowest BCUT2D eigenvalue weighted by atomic mass is 10.2. The highest BCUT2D eigenvalue weighted by atomic mass is 79.9. The number of benzene rings is 1. The first-order chi connectivity index (χ1) is 11.1. The fraction of sp³-hybridized carbons (Fsp3) is 0.333. The molecule has 0 saturated carbocycles. The molecule has 1 saturated heterocycles. The topological polar surface area (TPSA) is 57.8 Å². The molecule has 2 heterocycles. The molecular formula is C15H17BrFN5S. The molecule has 0 spiro atoms. The summed E-state index contributed by atoms with van der Waals surface area (Å²) >= 11 is 4.79. The van der Waals surface area contributed by atoms with Crippen molar-refractivity contribution >= 4 is 38.4 Å². The number of guanidine groups is 1. The van der Waals surface area contributed by atoms with E-state index in [0.717, 1.165) is 36.9 Å². The summed E-state index contributed by atoms with van der Waals surface area (Å²) < 4.78 is 13.9. The minimum atomic E-state index is -0.284. The summed E-state index contributed by atoms with van der Waals surface area (Å²) in [5, 5.41) is 3.03. The fourth-order valence-corrected chi connectivity index (χ4v) is 3.35. The average Bonchev–Trinajstić information content (AvgIpc) is 3.10. The van der Waals surface area contributed by atoms with Gasteiger partial charge in [-0.05, 0) is 33.6 Å². The standard InChI is InChI=1S/C15H17BrFN5S/c16-12-2-1-11(9-13(12)17)10-20-14(18)21-4-6-22(7-5-21)15-19-3-8-23-15/h1-3,8-9H,4-7,10H2,(H2,18,20). The molecule has 2 aromatic rings. The Bertz CT molecular complexity index is 683. The maximum Gasteiger partial charge on any atom is 0.191 e. The number of piperazine rings is 1. The highest BCUT2D eigenvalue weighted by Gasteiger charge is 2.19. The van der Waals surface area contributed by atoms with Gasteiger partial charge in [0.25, 0.3) is 0 Å². The number of nitrogens with zero attached hydrogens (tertiary/aromatic N) is 4. The van der Waals surface area contributed by atoms with Gasteiger partial charge in [-0.2, -0.15) is 0 Å². The van der Waals surface area contributed by atoms with Crippen molar-refractivity contribution in [1.29, 1.82) is 0 Å². The Balaban J connectivity index is 1.56. The molecule has 3 rings (SSSR count). The van der Waals surface area contributed by atoms with Gasteiger partial charge < -0.3 is 15.5 Å². The molecule has 2 N–H and O–H groups in total. The van der Waals surface area contributed by atoms with Crippen LogP contribution in [0.5, 0.6) is 0 Å². The number of hydrogen-bond donors (Lipinski definition) is 1. The maximum absolute atomic E-state index is 13.5. The van der Waals surface area contributed by atoms with Crippen LogP contribution in [0.1, 0.15) is 5.56 Å². The SMILES string of the molecule is NC(=NCc1ccc(Br)c(F)c1)N1CCN(c2nccs2)CC1. The summed E-state index contributed by atoms with van der Waals surface area (Å²) in [5.41, 5.74) is 6.87. The van der Waals surface area contributed by atoms with Gasteiger partial charge in [-0.3, -0.25) is 0 Å². The molecule has 1 aliphatic rings. The van der Waals surface area contributed by atoms with Crippen molar-refractivity contribution in [2.75, 3.05) is 31.1 Å². The van der Waals surface area contributed by atoms with Gasteiger partial charge in [-0.25, -0.2) is 14.4 Å². The first kappa shape index (κ1) is 16.2. The molecule has 8 heteroatoms. The molecule has 0 bridgehead atoms. The Morgan fingerprint density at radius 1 is 1.35 bits per heavy atom. The lowest BCUT2D eigenvalue weighted by Gasteiger charge is -2.35. The number of aliphatic imine (C=N–C) groups is 1. The number of halogens is 2. The van der Waals surface area contributed by atoms with Crippen molar-refractivity contribution in [3.63, 3.8) is 0 Å². The van der Waals surface area contributed by atoms with E-state index in [1.54, 1.807) is 17.4 Å². The first-order valence-electron chi connectivity index (χ1n) is 7.27. The van der Waals surface area contributed by atoms with E-state index in [1.165, 1.54) is 6.07 Å². The van der Waals surface area contributed by atoms with Gasteiger partial charge in [0.1, 0.15) is 5.82 Å². The molecule has 122 valence electrons. The van der Waals surface area contributed by atoms with Crippen molar-refractivity contribution in [2.45, 2.75) is 6.54 Å². The zero-order valence-corrected chi connectivity index (χ0v) is 14.9. The molecule has 0 aliphatic carbocycles. The van der Waals surface area contributed by atoms with E-state index in [-0.39, 0.29) is 5.82 Å². The number of nitrogens with two attached hydrogens (primary N) is 1. The summed E-state index contributed by atoms with van der Waals surface area (Å²) in [6.07, 6.45) is 1.82. The second kappa shape index (κ2) is 7.27. The summed E-state index contributed by atoms with van der Waals surface area (Å²) in [6, 6.07) is 4.99. The molecule has 0 amide bonds. The number of aromatic nitrogens is 1. The fourth-order valence-electron chi connectivity index (χ4n) is 2.41. The monoisotopic (exact) mass is 397 g/mol. The third-order valence-corrected chi connectivity index (χ3v) is 5.18. The lowest BCUT2D eigenvalue weighted by molar-refractivity contribution is 0.380.